The van der Waals surface area contributed by atoms with E-state index in [2.05, 4.69) is 5.32 Å². The van der Waals surface area contributed by atoms with E-state index in [9.17, 15) is 18.8 Å². The summed E-state index contributed by atoms with van der Waals surface area (Å²) in [5.41, 5.74) is 0.359. The minimum Gasteiger partial charge on any atom is -0.495 e. The number of nitrogens with one attached hydrogen (secondary N) is 1. The van der Waals surface area contributed by atoms with Crippen molar-refractivity contribution in [3.63, 3.8) is 0 Å². The molecule has 0 radical (unpaired) electrons. The van der Waals surface area contributed by atoms with E-state index < -0.39 is 23.7 Å². The van der Waals surface area contributed by atoms with Crippen molar-refractivity contribution in [2.24, 2.45) is 0 Å². The van der Waals surface area contributed by atoms with Crippen LogP contribution in [0.3, 0.4) is 0 Å². The summed E-state index contributed by atoms with van der Waals surface area (Å²) in [4.78, 5) is 37.6. The molecule has 0 saturated carbocycles. The van der Waals surface area contributed by atoms with Gasteiger partial charge in [0.25, 0.3) is 11.8 Å². The molecule has 0 unspecified atom stereocenters. The second-order valence-electron chi connectivity index (χ2n) is 5.33. The summed E-state index contributed by atoms with van der Waals surface area (Å²) in [5.74, 6) is -1.72. The van der Waals surface area contributed by atoms with E-state index in [4.69, 9.17) is 16.3 Å². The lowest BCUT2D eigenvalue weighted by Crippen LogP contribution is -2.54. The van der Waals surface area contributed by atoms with E-state index in [0.717, 1.165) is 17.0 Å². The zero-order valence-corrected chi connectivity index (χ0v) is 14.2. The molecule has 0 aliphatic carbocycles. The number of imide groups is 2. The Labute approximate surface area is 152 Å². The standard InChI is InChI=1S/C18H12ClFN2O4/c1-26-15-7-2-10(9-14(15)19)8-13-16(23)21-18(25)22(17(13)24)12-5-3-11(20)4-6-12/h2-9H,1H3,(H,21,23,25)/b13-8+. The Bertz CT molecular complexity index is 941. The number of halogens is 2. The van der Waals surface area contributed by atoms with Crippen LogP contribution in [-0.4, -0.2) is 25.0 Å². The highest BCUT2D eigenvalue weighted by molar-refractivity contribution is 6.39. The molecule has 132 valence electrons. The molecular formula is C18H12ClFN2O4. The van der Waals surface area contributed by atoms with Crippen LogP contribution in [0.25, 0.3) is 6.08 Å². The van der Waals surface area contributed by atoms with Crippen LogP contribution in [0.5, 0.6) is 5.75 Å². The fourth-order valence-electron chi connectivity index (χ4n) is 2.42. The van der Waals surface area contributed by atoms with Crippen molar-refractivity contribution in [1.29, 1.82) is 0 Å². The van der Waals surface area contributed by atoms with Gasteiger partial charge in [0.1, 0.15) is 17.1 Å². The first-order chi connectivity index (χ1) is 12.4. The molecule has 1 heterocycles. The predicted molar refractivity (Wildman–Crippen MR) is 93.4 cm³/mol. The maximum Gasteiger partial charge on any atom is 0.335 e. The zero-order chi connectivity index (χ0) is 18.8. The number of amides is 4. The minimum absolute atomic E-state index is 0.139. The first-order valence-corrected chi connectivity index (χ1v) is 7.79. The highest BCUT2D eigenvalue weighted by atomic mass is 35.5. The maximum atomic E-state index is 13.1. The van der Waals surface area contributed by atoms with Crippen LogP contribution in [-0.2, 0) is 9.59 Å². The quantitative estimate of drug-likeness (QED) is 0.661. The highest BCUT2D eigenvalue weighted by Gasteiger charge is 2.36. The molecule has 1 fully saturated rings. The smallest absolute Gasteiger partial charge is 0.335 e. The average molecular weight is 375 g/mol. The molecule has 2 aromatic rings. The van der Waals surface area contributed by atoms with Crippen LogP contribution >= 0.6 is 11.6 Å². The van der Waals surface area contributed by atoms with Crippen LogP contribution in [0.2, 0.25) is 5.02 Å². The number of rotatable bonds is 3. The van der Waals surface area contributed by atoms with Crippen molar-refractivity contribution in [2.45, 2.75) is 0 Å². The van der Waals surface area contributed by atoms with Gasteiger partial charge in [0.15, 0.2) is 0 Å². The van der Waals surface area contributed by atoms with E-state index in [-0.39, 0.29) is 11.3 Å². The summed E-state index contributed by atoms with van der Waals surface area (Å²) < 4.78 is 18.1. The molecule has 1 aliphatic heterocycles. The molecule has 0 bridgehead atoms. The van der Waals surface area contributed by atoms with Crippen LogP contribution in [0.4, 0.5) is 14.9 Å². The summed E-state index contributed by atoms with van der Waals surface area (Å²) in [6.45, 7) is 0. The number of carbonyl (C=O) groups excluding carboxylic acids is 3. The largest absolute Gasteiger partial charge is 0.495 e. The molecule has 26 heavy (non-hydrogen) atoms. The van der Waals surface area contributed by atoms with Gasteiger partial charge in [-0.3, -0.25) is 14.9 Å². The van der Waals surface area contributed by atoms with Gasteiger partial charge in [0.2, 0.25) is 0 Å². The van der Waals surface area contributed by atoms with Crippen molar-refractivity contribution >= 4 is 41.2 Å². The maximum absolute atomic E-state index is 13.1. The molecule has 4 amide bonds. The van der Waals surface area contributed by atoms with E-state index in [1.807, 2.05) is 0 Å². The first-order valence-electron chi connectivity index (χ1n) is 7.41. The molecular weight excluding hydrogens is 363 g/mol. The number of methoxy groups -OCH3 is 1. The van der Waals surface area contributed by atoms with Crippen LogP contribution in [0.15, 0.2) is 48.0 Å². The minimum atomic E-state index is -0.906. The van der Waals surface area contributed by atoms with Gasteiger partial charge in [-0.2, -0.15) is 0 Å². The third-order valence-electron chi connectivity index (χ3n) is 3.67. The van der Waals surface area contributed by atoms with E-state index in [0.29, 0.717) is 16.3 Å². The van der Waals surface area contributed by atoms with Gasteiger partial charge >= 0.3 is 6.03 Å². The third-order valence-corrected chi connectivity index (χ3v) is 3.97. The second kappa shape index (κ2) is 6.97. The molecule has 6 nitrogen and oxygen atoms in total. The lowest BCUT2D eigenvalue weighted by molar-refractivity contribution is -0.122. The number of carbonyl (C=O) groups is 3. The Kier molecular flexibility index (Phi) is 4.73. The molecule has 8 heteroatoms. The second-order valence-corrected chi connectivity index (χ2v) is 5.74. The number of ether oxygens (including phenoxy) is 1. The molecule has 3 rings (SSSR count). The molecule has 0 aromatic heterocycles. The Morgan fingerprint density at radius 3 is 2.42 bits per heavy atom. The number of nitrogens with zero attached hydrogens (tertiary/aromatic N) is 1. The topological polar surface area (TPSA) is 75.7 Å². The SMILES string of the molecule is COc1ccc(/C=C2\C(=O)NC(=O)N(c3ccc(F)cc3)C2=O)cc1Cl. The Morgan fingerprint density at radius 1 is 1.12 bits per heavy atom. The monoisotopic (exact) mass is 374 g/mol. The third kappa shape index (κ3) is 3.29. The summed E-state index contributed by atoms with van der Waals surface area (Å²) in [5, 5.41) is 2.39. The van der Waals surface area contributed by atoms with Crippen molar-refractivity contribution in [3.8, 4) is 5.75 Å². The van der Waals surface area contributed by atoms with Crippen molar-refractivity contribution in [2.75, 3.05) is 12.0 Å². The Balaban J connectivity index is 1.99. The molecule has 2 aromatic carbocycles. The van der Waals surface area contributed by atoms with E-state index in [1.54, 1.807) is 12.1 Å². The van der Waals surface area contributed by atoms with Gasteiger partial charge in [-0.25, -0.2) is 14.1 Å². The molecule has 1 aliphatic rings. The van der Waals surface area contributed by atoms with Gasteiger partial charge in [-0.15, -0.1) is 0 Å². The number of urea groups is 1. The highest BCUT2D eigenvalue weighted by Crippen LogP contribution is 2.27. The molecule has 1 saturated heterocycles. The lowest BCUT2D eigenvalue weighted by Gasteiger charge is -2.26. The molecule has 0 atom stereocenters. The van der Waals surface area contributed by atoms with Crippen LogP contribution in [0, 0.1) is 5.82 Å². The first kappa shape index (κ1) is 17.6. The number of barbiturate groups is 1. The predicted octanol–water partition coefficient (Wildman–Crippen LogP) is 3.15. The molecule has 0 spiro atoms. The van der Waals surface area contributed by atoms with Crippen LogP contribution in [0.1, 0.15) is 5.56 Å². The van der Waals surface area contributed by atoms with Crippen LogP contribution < -0.4 is 15.0 Å². The van der Waals surface area contributed by atoms with Gasteiger partial charge in [0.05, 0.1) is 17.8 Å². The normalized spacial score (nSPS) is 16.0. The number of hydrogen-bond donors (Lipinski definition) is 1. The molecule has 1 N–H and O–H groups in total. The van der Waals surface area contributed by atoms with Gasteiger partial charge in [0, 0.05) is 0 Å². The number of benzene rings is 2. The summed E-state index contributed by atoms with van der Waals surface area (Å²) in [7, 11) is 1.46. The van der Waals surface area contributed by atoms with Crippen molar-refractivity contribution in [1.82, 2.24) is 5.32 Å². The zero-order valence-electron chi connectivity index (χ0n) is 13.5. The summed E-state index contributed by atoms with van der Waals surface area (Å²) in [6, 6.07) is 8.57. The van der Waals surface area contributed by atoms with Gasteiger partial charge in [-0.1, -0.05) is 17.7 Å². The summed E-state index contributed by atoms with van der Waals surface area (Å²) >= 11 is 6.04. The number of hydrogen-bond acceptors (Lipinski definition) is 4. The Hall–Kier alpha value is -3.19. The van der Waals surface area contributed by atoms with Gasteiger partial charge < -0.3 is 4.74 Å². The summed E-state index contributed by atoms with van der Waals surface area (Å²) in [6.07, 6.45) is 1.31. The van der Waals surface area contributed by atoms with E-state index in [1.165, 1.54) is 31.4 Å². The van der Waals surface area contributed by atoms with Gasteiger partial charge in [-0.05, 0) is 48.0 Å². The van der Waals surface area contributed by atoms with Crippen molar-refractivity contribution in [3.05, 3.63) is 64.4 Å². The van der Waals surface area contributed by atoms with E-state index >= 15 is 0 Å². The fraction of sp³-hybridized carbons (Fsp3) is 0.0556. The number of anilines is 1. The fourth-order valence-corrected chi connectivity index (χ4v) is 2.69. The van der Waals surface area contributed by atoms with Crippen molar-refractivity contribution < 1.29 is 23.5 Å². The average Bonchev–Trinajstić information content (AvgIpc) is 2.60. The lowest BCUT2D eigenvalue weighted by atomic mass is 10.1. The Morgan fingerprint density at radius 2 is 1.81 bits per heavy atom.